The zero-order chi connectivity index (χ0) is 17.7. The highest BCUT2D eigenvalue weighted by Crippen LogP contribution is 2.19. The first-order valence-electron chi connectivity index (χ1n) is 7.63. The second-order valence-corrected chi connectivity index (χ2v) is 6.07. The van der Waals surface area contributed by atoms with Gasteiger partial charge in [-0.3, -0.25) is 9.99 Å². The first-order valence-corrected chi connectivity index (χ1v) is 8.04. The lowest BCUT2D eigenvalue weighted by atomic mass is 10.3. The van der Waals surface area contributed by atoms with Crippen LogP contribution >= 0.6 is 12.2 Å². The number of aryl methyl sites for hydroxylation is 2. The van der Waals surface area contributed by atoms with Crippen LogP contribution in [0.25, 0.3) is 5.82 Å². The number of rotatable bonds is 6. The van der Waals surface area contributed by atoms with Crippen LogP contribution in [0.1, 0.15) is 29.6 Å². The highest BCUT2D eigenvalue weighted by atomic mass is 32.1. The summed E-state index contributed by atoms with van der Waals surface area (Å²) in [4.78, 5) is 0. The third-order valence-electron chi connectivity index (χ3n) is 3.48. The molecule has 130 valence electrons. The molecular weight excluding hydrogens is 326 g/mol. The highest BCUT2D eigenvalue weighted by molar-refractivity contribution is 7.80. The van der Waals surface area contributed by atoms with Crippen LogP contribution in [0.2, 0.25) is 0 Å². The maximum Gasteiger partial charge on any atom is 0.187 e. The summed E-state index contributed by atoms with van der Waals surface area (Å²) < 4.78 is 12.2. The minimum atomic E-state index is 0.116. The lowest BCUT2D eigenvalue weighted by Gasteiger charge is -2.13. The molecule has 2 N–H and O–H groups in total. The van der Waals surface area contributed by atoms with E-state index >= 15 is 0 Å². The van der Waals surface area contributed by atoms with E-state index in [1.165, 1.54) is 0 Å². The van der Waals surface area contributed by atoms with Crippen LogP contribution in [0.3, 0.4) is 0 Å². The van der Waals surface area contributed by atoms with E-state index in [4.69, 9.17) is 21.5 Å². The highest BCUT2D eigenvalue weighted by Gasteiger charge is 2.12. The Kier molecular flexibility index (Phi) is 6.10. The number of ether oxygens (including phenoxy) is 1. The summed E-state index contributed by atoms with van der Waals surface area (Å²) in [6.45, 7) is 8.45. The first-order chi connectivity index (χ1) is 11.4. The second-order valence-electron chi connectivity index (χ2n) is 5.66. The number of hydrazone groups is 1. The Morgan fingerprint density at radius 2 is 2.21 bits per heavy atom. The Labute approximate surface area is 147 Å². The van der Waals surface area contributed by atoms with Crippen molar-refractivity contribution in [3.8, 4) is 5.82 Å². The van der Waals surface area contributed by atoms with Gasteiger partial charge in [0.15, 0.2) is 10.9 Å². The van der Waals surface area contributed by atoms with Gasteiger partial charge in [0.2, 0.25) is 0 Å². The summed E-state index contributed by atoms with van der Waals surface area (Å²) in [5, 5.41) is 11.8. The van der Waals surface area contributed by atoms with Crippen LogP contribution in [-0.2, 0) is 4.74 Å². The topological polar surface area (TPSA) is 76.6 Å². The summed E-state index contributed by atoms with van der Waals surface area (Å²) >= 11 is 5.18. The van der Waals surface area contributed by atoms with Gasteiger partial charge in [0.1, 0.15) is 5.76 Å². The van der Waals surface area contributed by atoms with Crippen molar-refractivity contribution >= 4 is 23.5 Å². The molecule has 2 aromatic heterocycles. The van der Waals surface area contributed by atoms with Crippen molar-refractivity contribution in [3.05, 3.63) is 34.8 Å². The fraction of sp³-hybridized carbons (Fsp3) is 0.438. The van der Waals surface area contributed by atoms with Crippen LogP contribution in [0, 0.1) is 20.8 Å². The molecule has 24 heavy (non-hydrogen) atoms. The minimum absolute atomic E-state index is 0.116. The predicted molar refractivity (Wildman–Crippen MR) is 97.8 cm³/mol. The van der Waals surface area contributed by atoms with Crippen molar-refractivity contribution in [3.63, 3.8) is 0 Å². The van der Waals surface area contributed by atoms with Gasteiger partial charge in [-0.25, -0.2) is 0 Å². The Bertz CT molecular complexity index is 735. The molecule has 2 rings (SSSR count). The van der Waals surface area contributed by atoms with Crippen molar-refractivity contribution in [1.82, 2.24) is 20.5 Å². The number of methoxy groups -OCH3 is 1. The Balaban J connectivity index is 2.04. The maximum absolute atomic E-state index is 5.18. The predicted octanol–water partition coefficient (Wildman–Crippen LogP) is 2.22. The van der Waals surface area contributed by atoms with Gasteiger partial charge >= 0.3 is 0 Å². The smallest absolute Gasteiger partial charge is 0.187 e. The van der Waals surface area contributed by atoms with Gasteiger partial charge in [0, 0.05) is 36.2 Å². The summed E-state index contributed by atoms with van der Waals surface area (Å²) in [6.07, 6.45) is 1.74. The number of nitrogens with one attached hydrogen (secondary N) is 2. The third-order valence-corrected chi connectivity index (χ3v) is 3.69. The minimum Gasteiger partial charge on any atom is -0.383 e. The molecule has 0 unspecified atom stereocenters. The van der Waals surface area contributed by atoms with E-state index in [0.29, 0.717) is 11.7 Å². The monoisotopic (exact) mass is 349 g/mol. The Morgan fingerprint density at radius 1 is 1.46 bits per heavy atom. The van der Waals surface area contributed by atoms with E-state index in [-0.39, 0.29) is 6.04 Å². The Hall–Kier alpha value is -2.19. The fourth-order valence-electron chi connectivity index (χ4n) is 2.44. The molecule has 0 amide bonds. The first kappa shape index (κ1) is 18.2. The average Bonchev–Trinajstić information content (AvgIpc) is 3.03. The van der Waals surface area contributed by atoms with Crippen molar-refractivity contribution in [1.29, 1.82) is 0 Å². The van der Waals surface area contributed by atoms with Crippen LogP contribution in [-0.4, -0.2) is 40.8 Å². The van der Waals surface area contributed by atoms with Crippen LogP contribution in [0.4, 0.5) is 0 Å². The molecule has 0 aliphatic heterocycles. The van der Waals surface area contributed by atoms with Crippen molar-refractivity contribution in [2.45, 2.75) is 33.7 Å². The average molecular weight is 349 g/mol. The van der Waals surface area contributed by atoms with Gasteiger partial charge in [-0.2, -0.15) is 5.10 Å². The molecule has 0 spiro atoms. The number of aromatic nitrogens is 2. The van der Waals surface area contributed by atoms with Gasteiger partial charge in [0.05, 0.1) is 12.8 Å². The van der Waals surface area contributed by atoms with E-state index in [2.05, 4.69) is 21.0 Å². The van der Waals surface area contributed by atoms with E-state index in [0.717, 1.165) is 28.5 Å². The zero-order valence-electron chi connectivity index (χ0n) is 14.6. The lowest BCUT2D eigenvalue weighted by Crippen LogP contribution is -2.40. The van der Waals surface area contributed by atoms with Crippen molar-refractivity contribution in [2.24, 2.45) is 5.10 Å². The largest absolute Gasteiger partial charge is 0.383 e. The Morgan fingerprint density at radius 3 is 2.83 bits per heavy atom. The molecule has 8 heteroatoms. The SMILES string of the molecule is COC[C@H](C)NC(=S)N/N=C\c1cc(C)n(-c2cc(C)on2)c1C. The van der Waals surface area contributed by atoms with E-state index in [1.807, 2.05) is 44.4 Å². The molecule has 0 aliphatic carbocycles. The van der Waals surface area contributed by atoms with Crippen LogP contribution in [0.5, 0.6) is 0 Å². The molecule has 0 aromatic carbocycles. The number of hydrogen-bond acceptors (Lipinski definition) is 5. The molecule has 2 heterocycles. The molecule has 2 aromatic rings. The van der Waals surface area contributed by atoms with E-state index in [1.54, 1.807) is 13.3 Å². The second kappa shape index (κ2) is 8.07. The number of thiocarbonyl (C=S) groups is 1. The molecule has 1 atom stereocenters. The molecule has 7 nitrogen and oxygen atoms in total. The molecule has 0 saturated heterocycles. The number of nitrogens with zero attached hydrogens (tertiary/aromatic N) is 3. The zero-order valence-corrected chi connectivity index (χ0v) is 15.4. The number of hydrogen-bond donors (Lipinski definition) is 2. The van der Waals surface area contributed by atoms with Crippen LogP contribution < -0.4 is 10.7 Å². The molecule has 0 saturated carbocycles. The summed E-state index contributed by atoms with van der Waals surface area (Å²) in [5.74, 6) is 1.54. The van der Waals surface area contributed by atoms with E-state index < -0.39 is 0 Å². The fourth-order valence-corrected chi connectivity index (χ4v) is 2.69. The van der Waals surface area contributed by atoms with Gasteiger partial charge in [-0.1, -0.05) is 5.16 Å². The van der Waals surface area contributed by atoms with Crippen LogP contribution in [0.15, 0.2) is 21.8 Å². The molecule has 0 fully saturated rings. The van der Waals surface area contributed by atoms with Gasteiger partial charge in [0.25, 0.3) is 0 Å². The summed E-state index contributed by atoms with van der Waals surface area (Å²) in [7, 11) is 1.65. The van der Waals surface area contributed by atoms with Crippen molar-refractivity contribution < 1.29 is 9.26 Å². The van der Waals surface area contributed by atoms with Gasteiger partial charge in [-0.05, 0) is 46.0 Å². The maximum atomic E-state index is 5.18. The van der Waals surface area contributed by atoms with Gasteiger partial charge < -0.3 is 14.6 Å². The third kappa shape index (κ3) is 4.42. The normalized spacial score (nSPS) is 12.5. The van der Waals surface area contributed by atoms with Crippen molar-refractivity contribution in [2.75, 3.05) is 13.7 Å². The molecular formula is C16H23N5O2S. The summed E-state index contributed by atoms with van der Waals surface area (Å²) in [5.41, 5.74) is 5.87. The van der Waals surface area contributed by atoms with E-state index in [9.17, 15) is 0 Å². The quantitative estimate of drug-likeness (QED) is 0.473. The molecule has 0 bridgehead atoms. The molecule has 0 aliphatic rings. The lowest BCUT2D eigenvalue weighted by molar-refractivity contribution is 0.179. The summed E-state index contributed by atoms with van der Waals surface area (Å²) in [6, 6.07) is 4.05. The molecule has 0 radical (unpaired) electrons. The van der Waals surface area contributed by atoms with Gasteiger partial charge in [-0.15, -0.1) is 0 Å². The standard InChI is InChI=1S/C16H23N5O2S/c1-10(9-22-5)18-16(24)19-17-8-14-6-11(2)21(13(14)4)15-7-12(3)23-20-15/h6-8,10H,9H2,1-5H3,(H2,18,19,24)/b17-8-/t10-/m0/s1.